The van der Waals surface area contributed by atoms with Crippen LogP contribution in [0, 0.1) is 18.3 Å². The maximum absolute atomic E-state index is 13.2. The molecule has 0 saturated heterocycles. The van der Waals surface area contributed by atoms with Crippen LogP contribution in [0.3, 0.4) is 0 Å². The molecule has 8 heteroatoms. The van der Waals surface area contributed by atoms with E-state index in [4.69, 9.17) is 9.47 Å². The zero-order chi connectivity index (χ0) is 22.4. The number of aryl methyl sites for hydroxylation is 1. The number of nitrogens with one attached hydrogen (secondary N) is 1. The van der Waals surface area contributed by atoms with Crippen molar-refractivity contribution in [2.45, 2.75) is 6.92 Å². The van der Waals surface area contributed by atoms with Crippen LogP contribution in [0.25, 0.3) is 11.7 Å². The minimum Gasteiger partial charge on any atom is -0.497 e. The summed E-state index contributed by atoms with van der Waals surface area (Å²) in [6.45, 7) is 5.52. The highest BCUT2D eigenvalue weighted by atomic mass is 16.5. The Kier molecular flexibility index (Phi) is 6.48. The minimum atomic E-state index is -0.633. The van der Waals surface area contributed by atoms with Crippen LogP contribution in [0.4, 0.5) is 0 Å². The van der Waals surface area contributed by atoms with Gasteiger partial charge in [0.15, 0.2) is 0 Å². The molecule has 0 radical (unpaired) electrons. The lowest BCUT2D eigenvalue weighted by atomic mass is 10.1. The van der Waals surface area contributed by atoms with E-state index >= 15 is 0 Å². The van der Waals surface area contributed by atoms with E-state index in [9.17, 15) is 14.9 Å². The first kappa shape index (κ1) is 21.3. The predicted octanol–water partition coefficient (Wildman–Crippen LogP) is 3.01. The number of pyridine rings is 1. The van der Waals surface area contributed by atoms with Gasteiger partial charge in [-0.15, -0.1) is 6.58 Å². The quantitative estimate of drug-likeness (QED) is 0.361. The van der Waals surface area contributed by atoms with Gasteiger partial charge in [0.05, 0.1) is 7.11 Å². The average Bonchev–Trinajstić information content (AvgIpc) is 2.78. The van der Waals surface area contributed by atoms with E-state index in [1.807, 2.05) is 19.1 Å². The molecule has 3 rings (SSSR count). The fraction of sp³-hybridized carbons (Fsp3) is 0.130. The Morgan fingerprint density at radius 3 is 2.65 bits per heavy atom. The Hall–Kier alpha value is -4.38. The van der Waals surface area contributed by atoms with Crippen LogP contribution in [0.1, 0.15) is 11.1 Å². The number of amides is 1. The zero-order valence-electron chi connectivity index (χ0n) is 17.1. The lowest BCUT2D eigenvalue weighted by Crippen LogP contribution is -2.25. The number of nitrogens with zero attached hydrogens (tertiary/aromatic N) is 3. The molecular formula is C23H20N4O4. The minimum absolute atomic E-state index is 0.0197. The van der Waals surface area contributed by atoms with Crippen molar-refractivity contribution >= 4 is 17.6 Å². The van der Waals surface area contributed by atoms with Gasteiger partial charge in [0, 0.05) is 12.7 Å². The summed E-state index contributed by atoms with van der Waals surface area (Å²) in [6.07, 6.45) is 4.23. The Bertz CT molecular complexity index is 1270. The van der Waals surface area contributed by atoms with Crippen LogP contribution >= 0.6 is 0 Å². The average molecular weight is 416 g/mol. The Balaban J connectivity index is 2.18. The number of nitriles is 1. The van der Waals surface area contributed by atoms with Crippen molar-refractivity contribution in [2.24, 2.45) is 0 Å². The first-order chi connectivity index (χ1) is 15.0. The highest BCUT2D eigenvalue weighted by Crippen LogP contribution is 2.26. The monoisotopic (exact) mass is 416 g/mol. The lowest BCUT2D eigenvalue weighted by Gasteiger charge is -2.12. The Morgan fingerprint density at radius 2 is 2.00 bits per heavy atom. The summed E-state index contributed by atoms with van der Waals surface area (Å²) in [5.41, 5.74) is 0.417. The number of fused-ring (bicyclic) bond motifs is 1. The molecule has 0 fully saturated rings. The second-order valence-corrected chi connectivity index (χ2v) is 6.47. The third-order valence-electron chi connectivity index (χ3n) is 4.38. The SMILES string of the molecule is C=CCNC(=O)/C(C#N)=C\c1c(Oc2ccc(OC)cc2)nc2c(C)cccn2c1=O. The molecule has 0 spiro atoms. The van der Waals surface area contributed by atoms with Crippen molar-refractivity contribution in [1.82, 2.24) is 14.7 Å². The van der Waals surface area contributed by atoms with E-state index in [0.29, 0.717) is 17.1 Å². The fourth-order valence-corrected chi connectivity index (χ4v) is 2.80. The van der Waals surface area contributed by atoms with Crippen molar-refractivity contribution in [3.63, 3.8) is 0 Å². The Morgan fingerprint density at radius 1 is 1.29 bits per heavy atom. The zero-order valence-corrected chi connectivity index (χ0v) is 17.1. The van der Waals surface area contributed by atoms with Crippen LogP contribution in [-0.2, 0) is 4.79 Å². The van der Waals surface area contributed by atoms with Crippen molar-refractivity contribution in [2.75, 3.05) is 13.7 Å². The van der Waals surface area contributed by atoms with Gasteiger partial charge in [-0.1, -0.05) is 12.1 Å². The number of methoxy groups -OCH3 is 1. The molecule has 1 aromatic carbocycles. The summed E-state index contributed by atoms with van der Waals surface area (Å²) in [6, 6.07) is 12.1. The normalized spacial score (nSPS) is 10.9. The number of rotatable bonds is 7. The molecule has 0 aliphatic heterocycles. The van der Waals surface area contributed by atoms with Gasteiger partial charge in [-0.2, -0.15) is 10.2 Å². The molecule has 2 aromatic heterocycles. The Labute approximate surface area is 178 Å². The molecule has 0 bridgehead atoms. The van der Waals surface area contributed by atoms with E-state index in [2.05, 4.69) is 16.9 Å². The van der Waals surface area contributed by atoms with E-state index in [0.717, 1.165) is 5.56 Å². The number of aromatic nitrogens is 2. The summed E-state index contributed by atoms with van der Waals surface area (Å²) >= 11 is 0. The predicted molar refractivity (Wildman–Crippen MR) is 116 cm³/mol. The molecule has 0 atom stereocenters. The first-order valence-electron chi connectivity index (χ1n) is 9.33. The number of benzene rings is 1. The molecule has 0 unspecified atom stereocenters. The first-order valence-corrected chi connectivity index (χ1v) is 9.33. The third-order valence-corrected chi connectivity index (χ3v) is 4.38. The van der Waals surface area contributed by atoms with Gasteiger partial charge in [-0.3, -0.25) is 14.0 Å². The number of ether oxygens (including phenoxy) is 2. The van der Waals surface area contributed by atoms with Crippen molar-refractivity contribution in [1.29, 1.82) is 5.26 Å². The van der Waals surface area contributed by atoms with Crippen LogP contribution in [0.5, 0.6) is 17.4 Å². The van der Waals surface area contributed by atoms with Crippen LogP contribution in [-0.4, -0.2) is 28.9 Å². The second-order valence-electron chi connectivity index (χ2n) is 6.47. The number of carbonyl (C=O) groups is 1. The molecule has 1 amide bonds. The molecule has 156 valence electrons. The van der Waals surface area contributed by atoms with Crippen LogP contribution in [0.15, 0.2) is 65.6 Å². The van der Waals surface area contributed by atoms with Gasteiger partial charge in [0.1, 0.15) is 34.4 Å². The van der Waals surface area contributed by atoms with E-state index in [1.54, 1.807) is 43.6 Å². The maximum Gasteiger partial charge on any atom is 0.269 e. The van der Waals surface area contributed by atoms with Gasteiger partial charge >= 0.3 is 0 Å². The molecule has 8 nitrogen and oxygen atoms in total. The maximum atomic E-state index is 13.2. The number of hydrogen-bond acceptors (Lipinski definition) is 6. The van der Waals surface area contributed by atoms with E-state index in [-0.39, 0.29) is 23.6 Å². The third kappa shape index (κ3) is 4.62. The largest absolute Gasteiger partial charge is 0.497 e. The molecule has 1 N–H and O–H groups in total. The second kappa shape index (κ2) is 9.41. The topological polar surface area (TPSA) is 106 Å². The van der Waals surface area contributed by atoms with Gasteiger partial charge in [0.25, 0.3) is 11.5 Å². The lowest BCUT2D eigenvalue weighted by molar-refractivity contribution is -0.116. The smallest absolute Gasteiger partial charge is 0.269 e. The fourth-order valence-electron chi connectivity index (χ4n) is 2.80. The highest BCUT2D eigenvalue weighted by molar-refractivity contribution is 6.02. The van der Waals surface area contributed by atoms with Crippen LogP contribution in [0.2, 0.25) is 0 Å². The summed E-state index contributed by atoms with van der Waals surface area (Å²) in [5.74, 6) is 0.399. The van der Waals surface area contributed by atoms with Gasteiger partial charge in [-0.05, 0) is 48.9 Å². The number of hydrogen-bond donors (Lipinski definition) is 1. The molecule has 0 saturated carbocycles. The van der Waals surface area contributed by atoms with Crippen molar-refractivity contribution < 1.29 is 14.3 Å². The molecule has 2 heterocycles. The highest BCUT2D eigenvalue weighted by Gasteiger charge is 2.18. The summed E-state index contributed by atoms with van der Waals surface area (Å²) in [5, 5.41) is 12.0. The summed E-state index contributed by atoms with van der Waals surface area (Å²) < 4.78 is 12.4. The van der Waals surface area contributed by atoms with Gasteiger partial charge in [0.2, 0.25) is 5.88 Å². The molecule has 0 aliphatic carbocycles. The molecule has 31 heavy (non-hydrogen) atoms. The van der Waals surface area contributed by atoms with Gasteiger partial charge in [-0.25, -0.2) is 0 Å². The van der Waals surface area contributed by atoms with Gasteiger partial charge < -0.3 is 14.8 Å². The molecule has 3 aromatic rings. The van der Waals surface area contributed by atoms with Crippen molar-refractivity contribution in [3.8, 4) is 23.4 Å². The molecule has 0 aliphatic rings. The molecular weight excluding hydrogens is 396 g/mol. The number of carbonyl (C=O) groups excluding carboxylic acids is 1. The van der Waals surface area contributed by atoms with Crippen LogP contribution < -0.4 is 20.3 Å². The summed E-state index contributed by atoms with van der Waals surface area (Å²) in [7, 11) is 1.55. The van der Waals surface area contributed by atoms with E-state index in [1.165, 1.54) is 16.6 Å². The van der Waals surface area contributed by atoms with Crippen molar-refractivity contribution in [3.05, 3.63) is 82.3 Å². The van der Waals surface area contributed by atoms with E-state index < -0.39 is 11.5 Å². The summed E-state index contributed by atoms with van der Waals surface area (Å²) in [4.78, 5) is 30.0. The standard InChI is InChI=1S/C23H20N4O4/c1-4-11-25-21(28)16(14-24)13-19-22(31-18-9-7-17(30-3)8-10-18)26-20-15(2)6-5-12-27(20)23(19)29/h4-10,12-13H,1,11H2,2-3H3,(H,25,28)/b16-13-.